The average molecular weight is 378 g/mol. The van der Waals surface area contributed by atoms with Crippen LogP contribution in [0.3, 0.4) is 0 Å². The Bertz CT molecular complexity index is 672. The lowest BCUT2D eigenvalue weighted by Gasteiger charge is -2.51. The molecule has 4 heterocycles. The minimum absolute atomic E-state index is 0.116. The van der Waals surface area contributed by atoms with Gasteiger partial charge in [0.2, 0.25) is 0 Å². The van der Waals surface area contributed by atoms with E-state index in [1.54, 1.807) is 17.9 Å². The van der Waals surface area contributed by atoms with Gasteiger partial charge in [-0.3, -0.25) is 9.69 Å². The van der Waals surface area contributed by atoms with Crippen LogP contribution in [0.25, 0.3) is 0 Å². The molecule has 0 bridgehead atoms. The van der Waals surface area contributed by atoms with E-state index in [1.807, 2.05) is 6.07 Å². The normalized spacial score (nSPS) is 31.5. The van der Waals surface area contributed by atoms with E-state index >= 15 is 0 Å². The summed E-state index contributed by atoms with van der Waals surface area (Å²) in [5.41, 5.74) is -1.90. The Hall–Kier alpha value is -1.41. The highest BCUT2D eigenvalue weighted by atomic mass is 16.5. The maximum atomic E-state index is 12.8. The second-order valence-corrected chi connectivity index (χ2v) is 8.46. The van der Waals surface area contributed by atoms with Crippen molar-refractivity contribution >= 4 is 5.91 Å². The number of amides is 1. The molecule has 27 heavy (non-hydrogen) atoms. The number of aliphatic hydroxyl groups excluding tert-OH is 1. The molecular formula is C20H30N2O5. The van der Waals surface area contributed by atoms with E-state index in [0.29, 0.717) is 44.7 Å². The number of hydrogen-bond donors (Lipinski definition) is 2. The number of ether oxygens (including phenoxy) is 1. The maximum absolute atomic E-state index is 12.8. The molecule has 0 aliphatic carbocycles. The Kier molecular flexibility index (Phi) is 5.05. The fourth-order valence-corrected chi connectivity index (χ4v) is 4.64. The summed E-state index contributed by atoms with van der Waals surface area (Å²) in [5, 5.41) is 21.0. The molecule has 3 aliphatic heterocycles. The van der Waals surface area contributed by atoms with Crippen LogP contribution in [0.2, 0.25) is 0 Å². The third-order valence-corrected chi connectivity index (χ3v) is 6.43. The van der Waals surface area contributed by atoms with Crippen molar-refractivity contribution in [3.05, 3.63) is 23.7 Å². The molecule has 1 aromatic rings. The highest BCUT2D eigenvalue weighted by Gasteiger charge is 2.53. The van der Waals surface area contributed by atoms with Crippen LogP contribution in [0, 0.1) is 0 Å². The summed E-state index contributed by atoms with van der Waals surface area (Å²) >= 11 is 0. The first kappa shape index (κ1) is 18.9. The molecule has 1 spiro atoms. The molecule has 0 radical (unpaired) electrons. The van der Waals surface area contributed by atoms with Crippen LogP contribution in [-0.2, 0) is 11.3 Å². The molecule has 150 valence electrons. The first-order valence-electron chi connectivity index (χ1n) is 10.0. The zero-order valence-corrected chi connectivity index (χ0v) is 16.0. The Labute approximate surface area is 159 Å². The van der Waals surface area contributed by atoms with Gasteiger partial charge in [-0.15, -0.1) is 0 Å². The number of nitrogens with zero attached hydrogens (tertiary/aromatic N) is 2. The van der Waals surface area contributed by atoms with E-state index in [4.69, 9.17) is 9.15 Å². The first-order valence-corrected chi connectivity index (χ1v) is 10.0. The average Bonchev–Trinajstić information content (AvgIpc) is 3.32. The monoisotopic (exact) mass is 378 g/mol. The summed E-state index contributed by atoms with van der Waals surface area (Å²) in [4.78, 5) is 16.9. The van der Waals surface area contributed by atoms with Gasteiger partial charge < -0.3 is 24.3 Å². The van der Waals surface area contributed by atoms with Gasteiger partial charge in [0.1, 0.15) is 17.5 Å². The lowest BCUT2D eigenvalue weighted by Crippen LogP contribution is -2.64. The van der Waals surface area contributed by atoms with Crippen LogP contribution in [-0.4, -0.2) is 76.0 Å². The number of rotatable bonds is 3. The number of piperidine rings is 1. The highest BCUT2D eigenvalue weighted by Crippen LogP contribution is 2.40. The molecule has 1 aromatic heterocycles. The number of carbonyl (C=O) groups excluding carboxylic acids is 1. The van der Waals surface area contributed by atoms with Crippen LogP contribution in [0.5, 0.6) is 0 Å². The lowest BCUT2D eigenvalue weighted by molar-refractivity contribution is -0.244. The van der Waals surface area contributed by atoms with Gasteiger partial charge >= 0.3 is 0 Å². The van der Waals surface area contributed by atoms with Crippen molar-refractivity contribution in [3.63, 3.8) is 0 Å². The van der Waals surface area contributed by atoms with Gasteiger partial charge in [0.05, 0.1) is 18.8 Å². The lowest BCUT2D eigenvalue weighted by atomic mass is 9.75. The first-order chi connectivity index (χ1) is 12.9. The smallest absolute Gasteiger partial charge is 0.289 e. The van der Waals surface area contributed by atoms with E-state index < -0.39 is 17.3 Å². The molecular weight excluding hydrogens is 348 g/mol. The molecule has 4 rings (SSSR count). The van der Waals surface area contributed by atoms with Crippen molar-refractivity contribution in [3.8, 4) is 0 Å². The molecule has 7 heteroatoms. The van der Waals surface area contributed by atoms with Gasteiger partial charge in [0, 0.05) is 19.5 Å². The minimum Gasteiger partial charge on any atom is -0.455 e. The Morgan fingerprint density at radius 1 is 1.19 bits per heavy atom. The molecule has 0 unspecified atom stereocenters. The third kappa shape index (κ3) is 3.66. The molecule has 1 amide bonds. The second-order valence-electron chi connectivity index (χ2n) is 8.46. The van der Waals surface area contributed by atoms with E-state index in [0.717, 1.165) is 25.4 Å². The summed E-state index contributed by atoms with van der Waals surface area (Å²) < 4.78 is 11.7. The molecule has 2 N–H and O–H groups in total. The van der Waals surface area contributed by atoms with Crippen molar-refractivity contribution in [1.29, 1.82) is 0 Å². The second kappa shape index (κ2) is 7.20. The van der Waals surface area contributed by atoms with Gasteiger partial charge in [-0.1, -0.05) is 0 Å². The molecule has 3 saturated heterocycles. The predicted octanol–water partition coefficient (Wildman–Crippen LogP) is 1.38. The van der Waals surface area contributed by atoms with Gasteiger partial charge in [0.15, 0.2) is 5.76 Å². The Morgan fingerprint density at radius 3 is 2.59 bits per heavy atom. The summed E-state index contributed by atoms with van der Waals surface area (Å²) in [6.07, 6.45) is 2.96. The summed E-state index contributed by atoms with van der Waals surface area (Å²) in [7, 11) is 0. The van der Waals surface area contributed by atoms with Gasteiger partial charge in [-0.05, 0) is 57.8 Å². The molecule has 3 aliphatic rings. The van der Waals surface area contributed by atoms with E-state index in [2.05, 4.69) is 4.90 Å². The zero-order valence-electron chi connectivity index (χ0n) is 16.0. The van der Waals surface area contributed by atoms with Gasteiger partial charge in [-0.25, -0.2) is 0 Å². The van der Waals surface area contributed by atoms with Crippen molar-refractivity contribution in [2.75, 3.05) is 32.8 Å². The zero-order chi connectivity index (χ0) is 19.1. The standard InChI is InChI=1S/C20H30N2O5/c1-19(25)8-13-26-20(18(19)24)6-11-22(12-7-20)17(23)16-5-4-15(27-16)14-21-9-2-3-10-21/h4-5,18,24-25H,2-3,6-14H2,1H3/t18-,19+/m0/s1. The van der Waals surface area contributed by atoms with E-state index in [9.17, 15) is 15.0 Å². The predicted molar refractivity (Wildman–Crippen MR) is 98.3 cm³/mol. The van der Waals surface area contributed by atoms with E-state index in [1.165, 1.54) is 12.8 Å². The van der Waals surface area contributed by atoms with Crippen LogP contribution in [0.15, 0.2) is 16.5 Å². The number of aliphatic hydroxyl groups is 2. The van der Waals surface area contributed by atoms with Crippen molar-refractivity contribution in [2.24, 2.45) is 0 Å². The topological polar surface area (TPSA) is 86.4 Å². The van der Waals surface area contributed by atoms with Crippen LogP contribution >= 0.6 is 0 Å². The van der Waals surface area contributed by atoms with Crippen LogP contribution in [0.4, 0.5) is 0 Å². The SMILES string of the molecule is C[C@@]1(O)CCOC2(CCN(C(=O)c3ccc(CN4CCCC4)o3)CC2)[C@H]1O. The molecule has 2 atom stereocenters. The van der Waals surface area contributed by atoms with E-state index in [-0.39, 0.29) is 5.91 Å². The Balaban J connectivity index is 1.37. The molecule has 7 nitrogen and oxygen atoms in total. The number of hydrogen-bond acceptors (Lipinski definition) is 6. The molecule has 0 aromatic carbocycles. The van der Waals surface area contributed by atoms with Crippen LogP contribution in [0.1, 0.15) is 55.3 Å². The van der Waals surface area contributed by atoms with Crippen molar-refractivity contribution < 1.29 is 24.2 Å². The highest BCUT2D eigenvalue weighted by molar-refractivity contribution is 5.91. The maximum Gasteiger partial charge on any atom is 0.289 e. The fraction of sp³-hybridized carbons (Fsp3) is 0.750. The largest absolute Gasteiger partial charge is 0.455 e. The molecule has 3 fully saturated rings. The number of likely N-dealkylation sites (tertiary alicyclic amines) is 2. The Morgan fingerprint density at radius 2 is 1.89 bits per heavy atom. The van der Waals surface area contributed by atoms with Gasteiger partial charge in [0.25, 0.3) is 5.91 Å². The van der Waals surface area contributed by atoms with Gasteiger partial charge in [-0.2, -0.15) is 0 Å². The quantitative estimate of drug-likeness (QED) is 0.827. The minimum atomic E-state index is -1.14. The summed E-state index contributed by atoms with van der Waals surface area (Å²) in [6, 6.07) is 3.65. The number of furan rings is 1. The van der Waals surface area contributed by atoms with Crippen molar-refractivity contribution in [2.45, 2.75) is 62.9 Å². The number of carbonyl (C=O) groups is 1. The third-order valence-electron chi connectivity index (χ3n) is 6.43. The fourth-order valence-electron chi connectivity index (χ4n) is 4.64. The molecule has 0 saturated carbocycles. The van der Waals surface area contributed by atoms with Crippen molar-refractivity contribution in [1.82, 2.24) is 9.80 Å². The summed E-state index contributed by atoms with van der Waals surface area (Å²) in [5.74, 6) is 1.09. The van der Waals surface area contributed by atoms with Crippen LogP contribution < -0.4 is 0 Å². The summed E-state index contributed by atoms with van der Waals surface area (Å²) in [6.45, 7) is 5.97.